The van der Waals surface area contributed by atoms with Gasteiger partial charge in [0.2, 0.25) is 0 Å². The molecule has 15 heavy (non-hydrogen) atoms. The van der Waals surface area contributed by atoms with Crippen molar-refractivity contribution >= 4 is 5.57 Å². The van der Waals surface area contributed by atoms with Crippen LogP contribution >= 0.6 is 0 Å². The first-order valence-electron chi connectivity index (χ1n) is 5.19. The Morgan fingerprint density at radius 1 is 1.27 bits per heavy atom. The van der Waals surface area contributed by atoms with E-state index in [1.54, 1.807) is 0 Å². The maximum Gasteiger partial charge on any atom is -0.00915 e. The van der Waals surface area contributed by atoms with Crippen LogP contribution in [0.15, 0.2) is 55.1 Å². The zero-order valence-electron chi connectivity index (χ0n) is 9.59. The van der Waals surface area contributed by atoms with Gasteiger partial charge in [0, 0.05) is 0 Å². The molecule has 0 aromatic heterocycles. The van der Waals surface area contributed by atoms with Crippen molar-refractivity contribution in [3.63, 3.8) is 0 Å². The van der Waals surface area contributed by atoms with Crippen LogP contribution < -0.4 is 0 Å². The molecule has 0 aliphatic heterocycles. The smallest absolute Gasteiger partial charge is 0.00915 e. The summed E-state index contributed by atoms with van der Waals surface area (Å²) in [5, 5.41) is 0. The van der Waals surface area contributed by atoms with Crippen LogP contribution in [0, 0.1) is 6.92 Å². The summed E-state index contributed by atoms with van der Waals surface area (Å²) in [7, 11) is 0. The van der Waals surface area contributed by atoms with E-state index in [4.69, 9.17) is 0 Å². The third-order valence-electron chi connectivity index (χ3n) is 2.60. The highest BCUT2D eigenvalue weighted by Gasteiger charge is 2.04. The first-order valence-corrected chi connectivity index (χ1v) is 5.19. The molecule has 78 valence electrons. The summed E-state index contributed by atoms with van der Waals surface area (Å²) in [6, 6.07) is 8.42. The van der Waals surface area contributed by atoms with E-state index < -0.39 is 0 Å². The number of allylic oxidation sites excluding steroid dienone is 4. The SMILES string of the molecule is C=CC/C(=C(/C)C=C)c1ccccc1C. The van der Waals surface area contributed by atoms with Gasteiger partial charge in [-0.15, -0.1) is 6.58 Å². The summed E-state index contributed by atoms with van der Waals surface area (Å²) in [6.07, 6.45) is 4.74. The summed E-state index contributed by atoms with van der Waals surface area (Å²) in [5.74, 6) is 0. The van der Waals surface area contributed by atoms with Gasteiger partial charge < -0.3 is 0 Å². The fourth-order valence-electron chi connectivity index (χ4n) is 1.66. The molecular weight excluding hydrogens is 180 g/mol. The minimum absolute atomic E-state index is 0.892. The summed E-state index contributed by atoms with van der Waals surface area (Å²) in [6.45, 7) is 11.9. The molecule has 0 spiro atoms. The second kappa shape index (κ2) is 5.35. The van der Waals surface area contributed by atoms with E-state index in [-0.39, 0.29) is 0 Å². The van der Waals surface area contributed by atoms with Gasteiger partial charge in [-0.2, -0.15) is 0 Å². The van der Waals surface area contributed by atoms with E-state index in [0.717, 1.165) is 6.42 Å². The lowest BCUT2D eigenvalue weighted by Gasteiger charge is -2.11. The minimum Gasteiger partial charge on any atom is -0.103 e. The van der Waals surface area contributed by atoms with Gasteiger partial charge in [-0.25, -0.2) is 0 Å². The van der Waals surface area contributed by atoms with Crippen LogP contribution in [-0.4, -0.2) is 0 Å². The highest BCUT2D eigenvalue weighted by molar-refractivity contribution is 5.73. The Hall–Kier alpha value is -1.56. The molecule has 0 fully saturated rings. The van der Waals surface area contributed by atoms with Crippen LogP contribution in [0.5, 0.6) is 0 Å². The summed E-state index contributed by atoms with van der Waals surface area (Å²) >= 11 is 0. The van der Waals surface area contributed by atoms with Gasteiger partial charge in [-0.3, -0.25) is 0 Å². The Kier molecular flexibility index (Phi) is 4.11. The predicted octanol–water partition coefficient (Wildman–Crippen LogP) is 4.53. The van der Waals surface area contributed by atoms with E-state index in [1.165, 1.54) is 22.3 Å². The molecule has 1 rings (SSSR count). The number of aryl methyl sites for hydroxylation is 1. The van der Waals surface area contributed by atoms with Crippen LogP contribution in [0.1, 0.15) is 24.5 Å². The fourth-order valence-corrected chi connectivity index (χ4v) is 1.66. The molecule has 0 amide bonds. The van der Waals surface area contributed by atoms with Gasteiger partial charge in [0.1, 0.15) is 0 Å². The van der Waals surface area contributed by atoms with Crippen molar-refractivity contribution in [1.82, 2.24) is 0 Å². The molecule has 1 aromatic carbocycles. The second-order valence-electron chi connectivity index (χ2n) is 3.67. The molecule has 0 aliphatic carbocycles. The second-order valence-corrected chi connectivity index (χ2v) is 3.67. The Bertz CT molecular complexity index is 394. The molecule has 0 aliphatic rings. The zero-order valence-corrected chi connectivity index (χ0v) is 9.59. The molecular formula is C15H18. The summed E-state index contributed by atoms with van der Waals surface area (Å²) < 4.78 is 0. The Balaban J connectivity index is 3.28. The maximum absolute atomic E-state index is 3.83. The van der Waals surface area contributed by atoms with Crippen molar-refractivity contribution in [2.45, 2.75) is 20.3 Å². The van der Waals surface area contributed by atoms with Crippen LogP contribution in [0.25, 0.3) is 5.57 Å². The van der Waals surface area contributed by atoms with Crippen molar-refractivity contribution in [2.24, 2.45) is 0 Å². The van der Waals surface area contributed by atoms with E-state index in [1.807, 2.05) is 12.2 Å². The van der Waals surface area contributed by atoms with Crippen molar-refractivity contribution in [1.29, 1.82) is 0 Å². The molecule has 0 radical (unpaired) electrons. The van der Waals surface area contributed by atoms with Gasteiger partial charge in [0.15, 0.2) is 0 Å². The highest BCUT2D eigenvalue weighted by Crippen LogP contribution is 2.25. The topological polar surface area (TPSA) is 0 Å². The van der Waals surface area contributed by atoms with E-state index in [9.17, 15) is 0 Å². The van der Waals surface area contributed by atoms with E-state index >= 15 is 0 Å². The molecule has 1 aromatic rings. The van der Waals surface area contributed by atoms with E-state index in [0.29, 0.717) is 0 Å². The number of benzene rings is 1. The Morgan fingerprint density at radius 3 is 2.47 bits per heavy atom. The predicted molar refractivity (Wildman–Crippen MR) is 68.8 cm³/mol. The normalized spacial score (nSPS) is 11.9. The maximum atomic E-state index is 3.83. The average molecular weight is 198 g/mol. The number of hydrogen-bond acceptors (Lipinski definition) is 0. The average Bonchev–Trinajstić information content (AvgIpc) is 2.26. The molecule has 0 atom stereocenters. The van der Waals surface area contributed by atoms with Crippen LogP contribution in [0.2, 0.25) is 0 Å². The van der Waals surface area contributed by atoms with Crippen molar-refractivity contribution < 1.29 is 0 Å². The first kappa shape index (κ1) is 11.5. The van der Waals surface area contributed by atoms with Gasteiger partial charge in [0.05, 0.1) is 0 Å². The lowest BCUT2D eigenvalue weighted by molar-refractivity contribution is 1.31. The van der Waals surface area contributed by atoms with Crippen molar-refractivity contribution in [2.75, 3.05) is 0 Å². The van der Waals surface area contributed by atoms with Crippen molar-refractivity contribution in [3.8, 4) is 0 Å². The minimum atomic E-state index is 0.892. The standard InChI is InChI=1S/C15H18/c1-5-9-14(12(3)6-2)15-11-8-7-10-13(15)4/h5-8,10-11H,1-2,9H2,3-4H3/b14-12+. The quantitative estimate of drug-likeness (QED) is 0.492. The Morgan fingerprint density at radius 2 is 1.93 bits per heavy atom. The van der Waals surface area contributed by atoms with Crippen LogP contribution in [0.3, 0.4) is 0 Å². The molecule has 0 bridgehead atoms. The van der Waals surface area contributed by atoms with Crippen LogP contribution in [-0.2, 0) is 0 Å². The lowest BCUT2D eigenvalue weighted by Crippen LogP contribution is -1.90. The molecule has 0 N–H and O–H groups in total. The molecule has 0 heterocycles. The molecule has 0 heteroatoms. The van der Waals surface area contributed by atoms with Crippen molar-refractivity contribution in [3.05, 3.63) is 66.3 Å². The largest absolute Gasteiger partial charge is 0.103 e. The van der Waals surface area contributed by atoms with Gasteiger partial charge in [-0.05, 0) is 42.5 Å². The summed E-state index contributed by atoms with van der Waals surface area (Å²) in [5.41, 5.74) is 5.15. The van der Waals surface area contributed by atoms with Gasteiger partial charge in [0.25, 0.3) is 0 Å². The third kappa shape index (κ3) is 2.69. The number of rotatable bonds is 4. The van der Waals surface area contributed by atoms with E-state index in [2.05, 4.69) is 51.3 Å². The first-order chi connectivity index (χ1) is 7.20. The third-order valence-corrected chi connectivity index (χ3v) is 2.60. The molecule has 0 saturated heterocycles. The number of hydrogen-bond donors (Lipinski definition) is 0. The van der Waals surface area contributed by atoms with Crippen LogP contribution in [0.4, 0.5) is 0 Å². The molecule has 0 unspecified atom stereocenters. The van der Waals surface area contributed by atoms with Gasteiger partial charge in [-0.1, -0.05) is 43.0 Å². The monoisotopic (exact) mass is 198 g/mol. The lowest BCUT2D eigenvalue weighted by atomic mass is 9.94. The molecule has 0 saturated carbocycles. The Labute approximate surface area is 92.6 Å². The summed E-state index contributed by atoms with van der Waals surface area (Å²) in [4.78, 5) is 0. The fraction of sp³-hybridized carbons (Fsp3) is 0.200. The molecule has 0 nitrogen and oxygen atoms in total. The zero-order chi connectivity index (χ0) is 11.3. The highest BCUT2D eigenvalue weighted by atomic mass is 14.1. The van der Waals surface area contributed by atoms with Gasteiger partial charge >= 0.3 is 0 Å².